The van der Waals surface area contributed by atoms with Crippen molar-refractivity contribution in [3.63, 3.8) is 0 Å². The van der Waals surface area contributed by atoms with Crippen LogP contribution in [0.15, 0.2) is 115 Å². The van der Waals surface area contributed by atoms with Gasteiger partial charge in [0.25, 0.3) is 0 Å². The monoisotopic (exact) mass is 620 g/mol. The Morgan fingerprint density at radius 2 is 1.17 bits per heavy atom. The van der Waals surface area contributed by atoms with E-state index in [4.69, 9.17) is 0 Å². The van der Waals surface area contributed by atoms with Gasteiger partial charge in [-0.25, -0.2) is 0 Å². The van der Waals surface area contributed by atoms with Crippen molar-refractivity contribution in [2.45, 2.75) is 47.8 Å². The van der Waals surface area contributed by atoms with Crippen LogP contribution >= 0.6 is 0 Å². The Morgan fingerprint density at radius 3 is 1.69 bits per heavy atom. The fourth-order valence-electron chi connectivity index (χ4n) is 7.24. The first kappa shape index (κ1) is 27.4. The van der Waals surface area contributed by atoms with E-state index in [1.807, 2.05) is 0 Å². The Kier molecular flexibility index (Phi) is 7.41. The maximum atomic E-state index is 2.60. The number of hydrogen-bond donors (Lipinski definition) is 0. The summed E-state index contributed by atoms with van der Waals surface area (Å²) in [5, 5.41) is 0. The topological polar surface area (TPSA) is 0 Å². The summed E-state index contributed by atoms with van der Waals surface area (Å²) >= 11 is -2.76. The summed E-state index contributed by atoms with van der Waals surface area (Å²) < 4.78 is 2.52. The van der Waals surface area contributed by atoms with Crippen LogP contribution in [0.1, 0.15) is 76.7 Å². The average molecular weight is 622 g/mol. The zero-order valence-corrected chi connectivity index (χ0v) is 27.6. The van der Waals surface area contributed by atoms with Crippen LogP contribution in [-0.4, -0.2) is 3.21 Å². The van der Waals surface area contributed by atoms with E-state index in [0.717, 1.165) is 12.8 Å². The van der Waals surface area contributed by atoms with Gasteiger partial charge in [-0.15, -0.1) is 0 Å². The van der Waals surface area contributed by atoms with Gasteiger partial charge in [0.05, 0.1) is 0 Å². The molecule has 1 unspecified atom stereocenters. The normalized spacial score (nSPS) is 14.9. The first-order valence-electron chi connectivity index (χ1n) is 15.5. The van der Waals surface area contributed by atoms with Crippen molar-refractivity contribution in [1.29, 1.82) is 0 Å². The molecule has 5 aromatic carbocycles. The molecule has 0 bridgehead atoms. The van der Waals surface area contributed by atoms with Crippen molar-refractivity contribution in [3.05, 3.63) is 171 Å². The molecule has 1 atom stereocenters. The molecule has 0 nitrogen and oxygen atoms in total. The molecule has 0 amide bonds. The minimum absolute atomic E-state index is 0.438. The average Bonchev–Trinajstić information content (AvgIpc) is 3.61. The second-order valence-corrected chi connectivity index (χ2v) is 18.3. The van der Waals surface area contributed by atoms with Crippen LogP contribution < -0.4 is 0 Å². The molecule has 2 aliphatic rings. The first-order valence-corrected chi connectivity index (χ1v) is 19.5. The molecule has 0 heterocycles. The van der Waals surface area contributed by atoms with Crippen LogP contribution in [0.3, 0.4) is 0 Å². The summed E-state index contributed by atoms with van der Waals surface area (Å²) in [6.45, 7) is 9.15. The molecule has 0 saturated heterocycles. The fraction of sp³-hybridized carbons (Fsp3) is 0.195. The van der Waals surface area contributed by atoms with E-state index in [2.05, 4.69) is 149 Å². The number of hydrogen-bond acceptors (Lipinski definition) is 0. The Balaban J connectivity index is 1.62. The van der Waals surface area contributed by atoms with Gasteiger partial charge in [-0.05, 0) is 0 Å². The predicted molar refractivity (Wildman–Crippen MR) is 176 cm³/mol. The Labute approximate surface area is 258 Å². The van der Waals surface area contributed by atoms with Crippen molar-refractivity contribution in [2.24, 2.45) is 0 Å². The van der Waals surface area contributed by atoms with Crippen molar-refractivity contribution in [1.82, 2.24) is 0 Å². The van der Waals surface area contributed by atoms with E-state index in [-0.39, 0.29) is 0 Å². The summed E-state index contributed by atoms with van der Waals surface area (Å²) in [6.07, 6.45) is 7.18. The van der Waals surface area contributed by atoms with Gasteiger partial charge in [-0.2, -0.15) is 0 Å². The summed E-state index contributed by atoms with van der Waals surface area (Å²) in [6, 6.07) is 42.2. The van der Waals surface area contributed by atoms with E-state index in [1.54, 1.807) is 19.9 Å². The van der Waals surface area contributed by atoms with Crippen LogP contribution in [0.4, 0.5) is 0 Å². The molecule has 0 saturated carbocycles. The van der Waals surface area contributed by atoms with Crippen molar-refractivity contribution in [2.75, 3.05) is 0 Å². The molecule has 0 N–H and O–H groups in total. The number of benzene rings is 5. The zero-order chi connectivity index (χ0) is 28.8. The molecule has 0 aromatic heterocycles. The zero-order valence-electron chi connectivity index (χ0n) is 25.1. The van der Waals surface area contributed by atoms with Gasteiger partial charge < -0.3 is 0 Å². The van der Waals surface area contributed by atoms with Crippen LogP contribution in [0, 0.1) is 13.8 Å². The third-order valence-electron chi connectivity index (χ3n) is 9.63. The van der Waals surface area contributed by atoms with Gasteiger partial charge in [0.15, 0.2) is 0 Å². The van der Waals surface area contributed by atoms with Crippen LogP contribution in [-0.2, 0) is 34.1 Å². The molecule has 2 aliphatic carbocycles. The third-order valence-corrected chi connectivity index (χ3v) is 18.4. The summed E-state index contributed by atoms with van der Waals surface area (Å²) in [7, 11) is 0. The van der Waals surface area contributed by atoms with Gasteiger partial charge in [0.1, 0.15) is 0 Å². The predicted octanol–water partition coefficient (Wildman–Crippen LogP) is 10.2. The Bertz CT molecular complexity index is 1760. The van der Waals surface area contributed by atoms with Crippen LogP contribution in [0.2, 0.25) is 0 Å². The molecule has 5 aromatic rings. The standard InChI is InChI=1S/C17H17.C13H10.C11H11.Zr/c1-3-12-5-7-16-14(9-12)11-15-10-13(4-2)6-8-17(15)16;1-3-7-12(8-4-1)11-13-9-5-2-6-10-13;1-8-6-7-10-4-3-5-11(10)9(8)2;/h5-11H,3-4H2,1-2H3;1-10H;3-7H,1-2H3;. The number of fused-ring (bicyclic) bond motifs is 4. The number of allylic oxidation sites excluding steroid dienone is 1. The molecule has 0 fully saturated rings. The molecule has 0 aliphatic heterocycles. The maximum absolute atomic E-state index is 2.76. The second kappa shape index (κ2) is 11.4. The number of rotatable bonds is 6. The van der Waals surface area contributed by atoms with E-state index < -0.39 is 21.3 Å². The van der Waals surface area contributed by atoms with Gasteiger partial charge >= 0.3 is 260 Å². The summed E-state index contributed by atoms with van der Waals surface area (Å²) in [5.74, 6) is 0. The van der Waals surface area contributed by atoms with Crippen molar-refractivity contribution >= 4 is 9.28 Å². The summed E-state index contributed by atoms with van der Waals surface area (Å²) in [4.78, 5) is 0. The van der Waals surface area contributed by atoms with Gasteiger partial charge in [0.2, 0.25) is 0 Å². The molecule has 7 rings (SSSR count). The SMILES string of the molecule is CCc1ccc2c(c1)[CH]([Zr](=[C](c1ccccc1)c1ccccc1)[CH]1C=Cc3c1ccc(C)c3C)c1cc(CC)ccc1-2. The minimum atomic E-state index is -2.76. The van der Waals surface area contributed by atoms with E-state index in [1.165, 1.54) is 50.1 Å². The molecular weight excluding hydrogens is 584 g/mol. The molecule has 206 valence electrons. The molecular formula is C41H38Zr. The van der Waals surface area contributed by atoms with Crippen molar-refractivity contribution in [3.8, 4) is 11.1 Å². The molecule has 42 heavy (non-hydrogen) atoms. The first-order chi connectivity index (χ1) is 20.6. The van der Waals surface area contributed by atoms with Crippen molar-refractivity contribution < 1.29 is 21.3 Å². The summed E-state index contributed by atoms with van der Waals surface area (Å²) in [5.41, 5.74) is 17.6. The molecule has 0 radical (unpaired) electrons. The van der Waals surface area contributed by atoms with Gasteiger partial charge in [-0.3, -0.25) is 0 Å². The van der Waals surface area contributed by atoms with Crippen LogP contribution in [0.25, 0.3) is 17.2 Å². The third kappa shape index (κ3) is 4.58. The second-order valence-electron chi connectivity index (χ2n) is 11.9. The molecule has 1 heteroatoms. The Hall–Kier alpha value is -3.41. The quantitative estimate of drug-likeness (QED) is 0.177. The molecule has 0 spiro atoms. The van der Waals surface area contributed by atoms with Gasteiger partial charge in [0, 0.05) is 0 Å². The van der Waals surface area contributed by atoms with Gasteiger partial charge in [-0.1, -0.05) is 0 Å². The van der Waals surface area contributed by atoms with E-state index >= 15 is 0 Å². The number of aryl methyl sites for hydroxylation is 3. The fourth-order valence-corrected chi connectivity index (χ4v) is 17.1. The van der Waals surface area contributed by atoms with Crippen LogP contribution in [0.5, 0.6) is 0 Å². The van der Waals surface area contributed by atoms with E-state index in [0.29, 0.717) is 7.25 Å². The van der Waals surface area contributed by atoms with E-state index in [9.17, 15) is 0 Å². The Morgan fingerprint density at radius 1 is 0.619 bits per heavy atom.